The summed E-state index contributed by atoms with van der Waals surface area (Å²) in [5, 5.41) is 15.2. The lowest BCUT2D eigenvalue weighted by molar-refractivity contribution is -0.384. The van der Waals surface area contributed by atoms with Gasteiger partial charge in [-0.3, -0.25) is 10.1 Å². The van der Waals surface area contributed by atoms with Gasteiger partial charge in [-0.15, -0.1) is 0 Å². The van der Waals surface area contributed by atoms with Crippen LogP contribution >= 0.6 is 0 Å². The Morgan fingerprint density at radius 2 is 2.22 bits per heavy atom. The Morgan fingerprint density at radius 1 is 1.33 bits per heavy atom. The molecule has 2 heterocycles. The van der Waals surface area contributed by atoms with Crippen LogP contribution < -0.4 is 0 Å². The van der Waals surface area contributed by atoms with Gasteiger partial charge in [0.15, 0.2) is 5.76 Å². The Bertz CT molecular complexity index is 701. The maximum atomic E-state index is 10.7. The third-order valence-corrected chi connectivity index (χ3v) is 2.78. The lowest BCUT2D eigenvalue weighted by Crippen LogP contribution is -1.96. The highest BCUT2D eigenvalue weighted by Crippen LogP contribution is 2.22. The van der Waals surface area contributed by atoms with Crippen molar-refractivity contribution < 1.29 is 9.45 Å². The summed E-state index contributed by atoms with van der Waals surface area (Å²) in [5.41, 5.74) is 1.02. The van der Waals surface area contributed by atoms with E-state index in [0.29, 0.717) is 6.54 Å². The largest absolute Gasteiger partial charge is 0.359 e. The monoisotopic (exact) mass is 243 g/mol. The van der Waals surface area contributed by atoms with Crippen molar-refractivity contribution in [3.63, 3.8) is 0 Å². The van der Waals surface area contributed by atoms with Gasteiger partial charge in [0.05, 0.1) is 17.7 Å². The molecule has 18 heavy (non-hydrogen) atoms. The molecule has 0 N–H and O–H groups in total. The molecule has 90 valence electrons. The van der Waals surface area contributed by atoms with Gasteiger partial charge in [0.2, 0.25) is 0 Å². The Hall–Kier alpha value is -2.63. The van der Waals surface area contributed by atoms with Gasteiger partial charge in [-0.25, -0.2) is 0 Å². The molecule has 0 amide bonds. The SMILES string of the molecule is O=[N+]([O-])c1ccc2c(ccn2Cc2ccno2)c1. The van der Waals surface area contributed by atoms with Gasteiger partial charge in [-0.1, -0.05) is 5.16 Å². The van der Waals surface area contributed by atoms with Crippen molar-refractivity contribution in [2.24, 2.45) is 0 Å². The number of fused-ring (bicyclic) bond motifs is 1. The number of hydrogen-bond donors (Lipinski definition) is 0. The Labute approximate surface area is 102 Å². The predicted molar refractivity (Wildman–Crippen MR) is 64.2 cm³/mol. The van der Waals surface area contributed by atoms with Crippen molar-refractivity contribution in [1.82, 2.24) is 9.72 Å². The molecule has 0 bridgehead atoms. The molecule has 0 aliphatic heterocycles. The van der Waals surface area contributed by atoms with E-state index in [1.54, 1.807) is 24.4 Å². The Balaban J connectivity index is 2.02. The minimum Gasteiger partial charge on any atom is -0.359 e. The number of nitro benzene ring substituents is 1. The number of rotatable bonds is 3. The van der Waals surface area contributed by atoms with Crippen LogP contribution in [0.5, 0.6) is 0 Å². The van der Waals surface area contributed by atoms with Crippen molar-refractivity contribution in [3.05, 3.63) is 58.6 Å². The van der Waals surface area contributed by atoms with Crippen molar-refractivity contribution >= 4 is 16.6 Å². The van der Waals surface area contributed by atoms with E-state index in [4.69, 9.17) is 4.52 Å². The lowest BCUT2D eigenvalue weighted by atomic mass is 10.2. The van der Waals surface area contributed by atoms with Crippen LogP contribution in [0.4, 0.5) is 5.69 Å². The van der Waals surface area contributed by atoms with E-state index in [0.717, 1.165) is 16.7 Å². The summed E-state index contributed by atoms with van der Waals surface area (Å²) < 4.78 is 7.00. The molecule has 0 saturated carbocycles. The maximum absolute atomic E-state index is 10.7. The summed E-state index contributed by atoms with van der Waals surface area (Å²) in [6.45, 7) is 0.557. The zero-order valence-electron chi connectivity index (χ0n) is 9.31. The zero-order valence-corrected chi connectivity index (χ0v) is 9.31. The first-order chi connectivity index (χ1) is 8.74. The molecule has 0 spiro atoms. The number of hydrogen-bond acceptors (Lipinski definition) is 4. The van der Waals surface area contributed by atoms with Crippen LogP contribution in [-0.4, -0.2) is 14.6 Å². The summed E-state index contributed by atoms with van der Waals surface area (Å²) in [5.74, 6) is 0.742. The van der Waals surface area contributed by atoms with Crippen LogP contribution in [0.15, 0.2) is 47.2 Å². The molecule has 6 nitrogen and oxygen atoms in total. The molecule has 3 aromatic rings. The molecule has 0 atom stereocenters. The number of non-ortho nitro benzene ring substituents is 1. The number of nitro groups is 1. The van der Waals surface area contributed by atoms with E-state index in [1.807, 2.05) is 16.8 Å². The fraction of sp³-hybridized carbons (Fsp3) is 0.0833. The van der Waals surface area contributed by atoms with Crippen LogP contribution in [0.2, 0.25) is 0 Å². The second-order valence-corrected chi connectivity index (χ2v) is 3.92. The van der Waals surface area contributed by atoms with E-state index >= 15 is 0 Å². The first-order valence-electron chi connectivity index (χ1n) is 5.37. The summed E-state index contributed by atoms with van der Waals surface area (Å²) in [6, 6.07) is 8.44. The molecular formula is C12H9N3O3. The van der Waals surface area contributed by atoms with Gasteiger partial charge >= 0.3 is 0 Å². The molecule has 3 rings (SSSR count). The van der Waals surface area contributed by atoms with Crippen molar-refractivity contribution in [2.75, 3.05) is 0 Å². The van der Waals surface area contributed by atoms with Gasteiger partial charge in [0, 0.05) is 35.3 Å². The second kappa shape index (κ2) is 3.99. The van der Waals surface area contributed by atoms with E-state index in [9.17, 15) is 10.1 Å². The van der Waals surface area contributed by atoms with Gasteiger partial charge in [0.1, 0.15) is 0 Å². The van der Waals surface area contributed by atoms with Crippen LogP contribution in [0.3, 0.4) is 0 Å². The molecule has 0 aliphatic carbocycles. The smallest absolute Gasteiger partial charge is 0.270 e. The van der Waals surface area contributed by atoms with Crippen LogP contribution in [0.1, 0.15) is 5.76 Å². The predicted octanol–water partition coefficient (Wildman–Crippen LogP) is 2.59. The van der Waals surface area contributed by atoms with E-state index in [-0.39, 0.29) is 5.69 Å². The van der Waals surface area contributed by atoms with Gasteiger partial charge in [-0.05, 0) is 12.1 Å². The third kappa shape index (κ3) is 1.73. The fourth-order valence-electron chi connectivity index (χ4n) is 1.93. The molecule has 0 fully saturated rings. The molecular weight excluding hydrogens is 234 g/mol. The summed E-state index contributed by atoms with van der Waals surface area (Å²) >= 11 is 0. The molecule has 0 radical (unpaired) electrons. The van der Waals surface area contributed by atoms with Crippen LogP contribution in [0.25, 0.3) is 10.9 Å². The molecule has 2 aromatic heterocycles. The molecule has 0 aliphatic rings. The van der Waals surface area contributed by atoms with Gasteiger partial charge in [-0.2, -0.15) is 0 Å². The number of aromatic nitrogens is 2. The normalized spacial score (nSPS) is 10.9. The maximum Gasteiger partial charge on any atom is 0.270 e. The van der Waals surface area contributed by atoms with E-state index < -0.39 is 4.92 Å². The van der Waals surface area contributed by atoms with Crippen LogP contribution in [0, 0.1) is 10.1 Å². The summed E-state index contributed by atoms with van der Waals surface area (Å²) in [4.78, 5) is 10.3. The standard InChI is InChI=1S/C12H9N3O3/c16-15(17)10-1-2-12-9(7-10)4-6-14(12)8-11-3-5-13-18-11/h1-7H,8H2. The molecule has 0 saturated heterocycles. The van der Waals surface area contributed by atoms with Crippen LogP contribution in [-0.2, 0) is 6.54 Å². The molecule has 0 unspecified atom stereocenters. The quantitative estimate of drug-likeness (QED) is 0.523. The average molecular weight is 243 g/mol. The second-order valence-electron chi connectivity index (χ2n) is 3.92. The molecule has 1 aromatic carbocycles. The Kier molecular flexibility index (Phi) is 2.33. The number of nitrogens with zero attached hydrogens (tertiary/aromatic N) is 3. The number of benzene rings is 1. The van der Waals surface area contributed by atoms with Gasteiger partial charge < -0.3 is 9.09 Å². The minimum atomic E-state index is -0.396. The molecule has 6 heteroatoms. The van der Waals surface area contributed by atoms with Crippen molar-refractivity contribution in [1.29, 1.82) is 0 Å². The topological polar surface area (TPSA) is 74.1 Å². The first-order valence-corrected chi connectivity index (χ1v) is 5.37. The summed E-state index contributed by atoms with van der Waals surface area (Å²) in [7, 11) is 0. The lowest BCUT2D eigenvalue weighted by Gasteiger charge is -2.01. The third-order valence-electron chi connectivity index (χ3n) is 2.78. The highest BCUT2D eigenvalue weighted by molar-refractivity contribution is 5.82. The average Bonchev–Trinajstić information content (AvgIpc) is 2.99. The van der Waals surface area contributed by atoms with E-state index in [1.165, 1.54) is 6.07 Å². The van der Waals surface area contributed by atoms with Gasteiger partial charge in [0.25, 0.3) is 5.69 Å². The summed E-state index contributed by atoms with van der Waals surface area (Å²) in [6.07, 6.45) is 3.46. The highest BCUT2D eigenvalue weighted by Gasteiger charge is 2.09. The minimum absolute atomic E-state index is 0.0971. The zero-order chi connectivity index (χ0) is 12.5. The highest BCUT2D eigenvalue weighted by atomic mass is 16.6. The van der Waals surface area contributed by atoms with E-state index in [2.05, 4.69) is 5.16 Å². The first kappa shape index (κ1) is 10.5. The Morgan fingerprint density at radius 3 is 2.94 bits per heavy atom. The van der Waals surface area contributed by atoms with Crippen molar-refractivity contribution in [3.8, 4) is 0 Å². The van der Waals surface area contributed by atoms with Crippen molar-refractivity contribution in [2.45, 2.75) is 6.54 Å². The fourth-order valence-corrected chi connectivity index (χ4v) is 1.93.